The Morgan fingerprint density at radius 2 is 1.77 bits per heavy atom. The number of halogens is 5. The molecule has 2 aliphatic rings. The summed E-state index contributed by atoms with van der Waals surface area (Å²) in [6.07, 6.45) is -3.79. The predicted molar refractivity (Wildman–Crippen MR) is 125 cm³/mol. The first kappa shape index (κ1) is 25.0. The van der Waals surface area contributed by atoms with Crippen LogP contribution in [0.3, 0.4) is 0 Å². The number of carbonyl (C=O) groups excluding carboxylic acids is 2. The lowest BCUT2D eigenvalue weighted by Gasteiger charge is -2.39. The average molecular weight is 507 g/mol. The minimum absolute atomic E-state index is 0.0675. The Bertz CT molecular complexity index is 1280. The second-order valence-electron chi connectivity index (χ2n) is 9.63. The molecule has 4 rings (SSSR count). The highest BCUT2D eigenvalue weighted by molar-refractivity contribution is 6.34. The minimum atomic E-state index is -4.62. The number of carbonyl (C=O) groups is 2. The van der Waals surface area contributed by atoms with Gasteiger partial charge in [0.15, 0.2) is 5.78 Å². The molecule has 35 heavy (non-hydrogen) atoms. The molecule has 0 saturated heterocycles. The van der Waals surface area contributed by atoms with E-state index in [2.05, 4.69) is 10.6 Å². The van der Waals surface area contributed by atoms with Gasteiger partial charge in [-0.3, -0.25) is 9.59 Å². The smallest absolute Gasteiger partial charge is 0.362 e. The lowest BCUT2D eigenvalue weighted by Crippen LogP contribution is -2.39. The van der Waals surface area contributed by atoms with Gasteiger partial charge in [0, 0.05) is 34.9 Å². The van der Waals surface area contributed by atoms with Crippen LogP contribution in [-0.4, -0.2) is 11.7 Å². The first-order chi connectivity index (χ1) is 16.3. The van der Waals surface area contributed by atoms with Gasteiger partial charge in [0.25, 0.3) is 5.91 Å². The molecule has 1 aliphatic heterocycles. The van der Waals surface area contributed by atoms with Crippen LogP contribution >= 0.6 is 11.6 Å². The summed E-state index contributed by atoms with van der Waals surface area (Å²) in [5.41, 5.74) is 0.750. The number of nitrogens with one attached hydrogen (secondary N) is 2. The van der Waals surface area contributed by atoms with E-state index in [0.29, 0.717) is 29.0 Å². The van der Waals surface area contributed by atoms with E-state index in [1.807, 2.05) is 13.8 Å². The molecule has 2 N–H and O–H groups in total. The highest BCUT2D eigenvalue weighted by Crippen LogP contribution is 2.47. The van der Waals surface area contributed by atoms with E-state index in [0.717, 1.165) is 18.2 Å². The van der Waals surface area contributed by atoms with Gasteiger partial charge in [-0.05, 0) is 54.7 Å². The SMILES string of the molecule is CC1=C(C(=O)Nc2cc(C(F)(F)F)ccc2Cl)C(c2ccc(F)cc2)C2=C(CC(C)(C)CC2=O)N1. The molecule has 2 aromatic carbocycles. The molecular formula is C26H23ClF4N2O2. The Hall–Kier alpha value is -3.13. The van der Waals surface area contributed by atoms with E-state index in [9.17, 15) is 27.2 Å². The zero-order valence-corrected chi connectivity index (χ0v) is 20.0. The van der Waals surface area contributed by atoms with Gasteiger partial charge in [0.05, 0.1) is 16.3 Å². The fourth-order valence-electron chi connectivity index (χ4n) is 4.71. The first-order valence-electron chi connectivity index (χ1n) is 10.9. The maximum absolute atomic E-state index is 13.7. The summed E-state index contributed by atoms with van der Waals surface area (Å²) in [7, 11) is 0. The Morgan fingerprint density at radius 1 is 1.11 bits per heavy atom. The number of allylic oxidation sites excluding steroid dienone is 3. The molecule has 1 unspecified atom stereocenters. The van der Waals surface area contributed by atoms with Crippen LogP contribution in [0.25, 0.3) is 0 Å². The topological polar surface area (TPSA) is 58.2 Å². The number of hydrogen-bond donors (Lipinski definition) is 2. The van der Waals surface area contributed by atoms with Crippen LogP contribution in [0.5, 0.6) is 0 Å². The number of hydrogen-bond acceptors (Lipinski definition) is 3. The predicted octanol–water partition coefficient (Wildman–Crippen LogP) is 6.74. The minimum Gasteiger partial charge on any atom is -0.362 e. The zero-order valence-electron chi connectivity index (χ0n) is 19.2. The standard InChI is InChI=1S/C26H23ClF4N2O2/c1-13-21(24(35)33-18-10-15(26(29,30)31)6-9-17(18)27)22(14-4-7-16(28)8-5-14)23-19(32-13)11-25(2,3)12-20(23)34/h4-10,22,32H,11-12H2,1-3H3,(H,33,35). The summed E-state index contributed by atoms with van der Waals surface area (Å²) >= 11 is 6.08. The van der Waals surface area contributed by atoms with Crippen LogP contribution in [0.4, 0.5) is 23.2 Å². The third-order valence-electron chi connectivity index (χ3n) is 6.23. The lowest BCUT2D eigenvalue weighted by atomic mass is 9.68. The Balaban J connectivity index is 1.79. The van der Waals surface area contributed by atoms with Crippen molar-refractivity contribution < 1.29 is 27.2 Å². The van der Waals surface area contributed by atoms with Crippen molar-refractivity contribution in [2.75, 3.05) is 5.32 Å². The molecule has 1 amide bonds. The van der Waals surface area contributed by atoms with Gasteiger partial charge in [-0.25, -0.2) is 4.39 Å². The van der Waals surface area contributed by atoms with Gasteiger partial charge < -0.3 is 10.6 Å². The maximum atomic E-state index is 13.7. The van der Waals surface area contributed by atoms with Crippen molar-refractivity contribution >= 4 is 29.0 Å². The molecule has 184 valence electrons. The van der Waals surface area contributed by atoms with Crippen LogP contribution in [0.2, 0.25) is 5.02 Å². The molecule has 0 aromatic heterocycles. The molecule has 2 aromatic rings. The summed E-state index contributed by atoms with van der Waals surface area (Å²) in [5, 5.41) is 5.59. The number of amides is 1. The third-order valence-corrected chi connectivity index (χ3v) is 6.56. The molecule has 0 spiro atoms. The van der Waals surface area contributed by atoms with Gasteiger partial charge in [0.1, 0.15) is 5.82 Å². The number of alkyl halides is 3. The molecule has 0 fully saturated rings. The van der Waals surface area contributed by atoms with Gasteiger partial charge in [0.2, 0.25) is 0 Å². The summed E-state index contributed by atoms with van der Waals surface area (Å²) < 4.78 is 53.3. The zero-order chi connectivity index (χ0) is 25.7. The van der Waals surface area contributed by atoms with Crippen molar-refractivity contribution in [3.63, 3.8) is 0 Å². The number of anilines is 1. The normalized spacial score (nSPS) is 19.9. The van der Waals surface area contributed by atoms with Crippen molar-refractivity contribution in [3.05, 3.63) is 87.0 Å². The summed E-state index contributed by atoms with van der Waals surface area (Å²) in [5.74, 6) is -2.15. The van der Waals surface area contributed by atoms with E-state index in [1.165, 1.54) is 24.3 Å². The fourth-order valence-corrected chi connectivity index (χ4v) is 4.88. The summed E-state index contributed by atoms with van der Waals surface area (Å²) in [6.45, 7) is 5.61. The highest BCUT2D eigenvalue weighted by Gasteiger charge is 2.43. The molecule has 1 heterocycles. The van der Waals surface area contributed by atoms with Crippen LogP contribution in [0.1, 0.15) is 50.7 Å². The number of ketones is 1. The van der Waals surface area contributed by atoms with Crippen molar-refractivity contribution in [2.45, 2.75) is 45.7 Å². The molecule has 9 heteroatoms. The highest BCUT2D eigenvalue weighted by atomic mass is 35.5. The van der Waals surface area contributed by atoms with Crippen molar-refractivity contribution in [1.29, 1.82) is 0 Å². The Morgan fingerprint density at radius 3 is 2.40 bits per heavy atom. The molecule has 1 atom stereocenters. The Kier molecular flexibility index (Phi) is 6.30. The molecule has 0 radical (unpaired) electrons. The second-order valence-corrected chi connectivity index (χ2v) is 10.0. The molecule has 4 nitrogen and oxygen atoms in total. The van der Waals surface area contributed by atoms with Gasteiger partial charge in [-0.2, -0.15) is 13.2 Å². The second kappa shape index (κ2) is 8.82. The van der Waals surface area contributed by atoms with Crippen molar-refractivity contribution in [1.82, 2.24) is 5.32 Å². The van der Waals surface area contributed by atoms with Gasteiger partial charge in [-0.15, -0.1) is 0 Å². The monoisotopic (exact) mass is 506 g/mol. The number of benzene rings is 2. The van der Waals surface area contributed by atoms with Crippen LogP contribution < -0.4 is 10.6 Å². The molecule has 0 saturated carbocycles. The summed E-state index contributed by atoms with van der Waals surface area (Å²) in [4.78, 5) is 26.8. The van der Waals surface area contributed by atoms with Crippen molar-refractivity contribution in [3.8, 4) is 0 Å². The van der Waals surface area contributed by atoms with E-state index in [-0.39, 0.29) is 33.9 Å². The van der Waals surface area contributed by atoms with Crippen LogP contribution in [0.15, 0.2) is 65.0 Å². The average Bonchev–Trinajstić information content (AvgIpc) is 2.73. The molecular weight excluding hydrogens is 484 g/mol. The first-order valence-corrected chi connectivity index (χ1v) is 11.3. The summed E-state index contributed by atoms with van der Waals surface area (Å²) in [6, 6.07) is 8.13. The fraction of sp³-hybridized carbons (Fsp3) is 0.308. The largest absolute Gasteiger partial charge is 0.416 e. The van der Waals surface area contributed by atoms with E-state index in [4.69, 9.17) is 11.6 Å². The van der Waals surface area contributed by atoms with E-state index >= 15 is 0 Å². The van der Waals surface area contributed by atoms with Crippen LogP contribution in [0, 0.1) is 11.2 Å². The van der Waals surface area contributed by atoms with Crippen molar-refractivity contribution in [2.24, 2.45) is 5.41 Å². The number of rotatable bonds is 3. The van der Waals surface area contributed by atoms with Gasteiger partial charge in [-0.1, -0.05) is 37.6 Å². The maximum Gasteiger partial charge on any atom is 0.416 e. The molecule has 1 aliphatic carbocycles. The quantitative estimate of drug-likeness (QED) is 0.453. The van der Waals surface area contributed by atoms with E-state index in [1.54, 1.807) is 6.92 Å². The molecule has 0 bridgehead atoms. The number of dihydropyridines is 1. The third kappa shape index (κ3) is 4.98. The van der Waals surface area contributed by atoms with E-state index < -0.39 is 29.4 Å². The van der Waals surface area contributed by atoms with Crippen LogP contribution in [-0.2, 0) is 15.8 Å². The Labute approximate surface area is 205 Å². The number of Topliss-reactive ketones (excluding diaryl/α,β-unsaturated/α-hetero) is 1. The lowest BCUT2D eigenvalue weighted by molar-refractivity contribution is -0.137. The van der Waals surface area contributed by atoms with Gasteiger partial charge >= 0.3 is 6.18 Å².